The van der Waals surface area contributed by atoms with Gasteiger partial charge in [-0.25, -0.2) is 0 Å². The number of nitrogen functional groups attached to an aromatic ring is 1. The maximum absolute atomic E-state index is 10.4. The number of nitrogens with two attached hydrogens (primary N) is 1. The Kier molecular flexibility index (Phi) is 2.85. The molecule has 1 atom stereocenters. The van der Waals surface area contributed by atoms with Crippen molar-refractivity contribution in [2.75, 3.05) is 5.73 Å². The minimum atomic E-state index is -0.779. The first-order valence-corrected chi connectivity index (χ1v) is 5.98. The molecule has 94 valence electrons. The van der Waals surface area contributed by atoms with E-state index in [1.165, 1.54) is 0 Å². The van der Waals surface area contributed by atoms with Crippen molar-refractivity contribution in [2.45, 2.75) is 6.10 Å². The molecular formula is C15H13N3O. The molecule has 3 N–H and O–H groups in total. The Bertz CT molecular complexity index is 727. The number of fused-ring (bicyclic) bond motifs is 1. The van der Waals surface area contributed by atoms with Crippen molar-refractivity contribution >= 4 is 16.6 Å². The van der Waals surface area contributed by atoms with Gasteiger partial charge in [0.1, 0.15) is 6.10 Å². The van der Waals surface area contributed by atoms with E-state index in [0.717, 1.165) is 16.5 Å². The Balaban J connectivity index is 2.07. The van der Waals surface area contributed by atoms with Gasteiger partial charge in [-0.05, 0) is 29.8 Å². The van der Waals surface area contributed by atoms with Crippen molar-refractivity contribution in [1.82, 2.24) is 9.97 Å². The van der Waals surface area contributed by atoms with E-state index in [-0.39, 0.29) is 0 Å². The number of nitrogens with zero attached hydrogens (tertiary/aromatic N) is 2. The molecule has 0 fully saturated rings. The molecule has 0 bridgehead atoms. The molecule has 19 heavy (non-hydrogen) atoms. The van der Waals surface area contributed by atoms with E-state index in [1.54, 1.807) is 24.7 Å². The van der Waals surface area contributed by atoms with E-state index in [1.807, 2.05) is 30.3 Å². The van der Waals surface area contributed by atoms with Gasteiger partial charge in [-0.3, -0.25) is 9.97 Å². The Hall–Kier alpha value is -2.46. The average Bonchev–Trinajstić information content (AvgIpc) is 2.46. The van der Waals surface area contributed by atoms with E-state index in [9.17, 15) is 5.11 Å². The van der Waals surface area contributed by atoms with E-state index < -0.39 is 6.10 Å². The third-order valence-electron chi connectivity index (χ3n) is 3.12. The van der Waals surface area contributed by atoms with Crippen LogP contribution in [0.3, 0.4) is 0 Å². The van der Waals surface area contributed by atoms with Crippen LogP contribution in [0.2, 0.25) is 0 Å². The van der Waals surface area contributed by atoms with E-state index in [2.05, 4.69) is 9.97 Å². The minimum Gasteiger partial charge on any atom is -0.398 e. The van der Waals surface area contributed by atoms with Gasteiger partial charge in [0.2, 0.25) is 0 Å². The third-order valence-corrected chi connectivity index (χ3v) is 3.12. The highest BCUT2D eigenvalue weighted by molar-refractivity contribution is 5.79. The monoisotopic (exact) mass is 251 g/mol. The van der Waals surface area contributed by atoms with E-state index >= 15 is 0 Å². The fourth-order valence-corrected chi connectivity index (χ4v) is 2.09. The maximum atomic E-state index is 10.4. The number of rotatable bonds is 2. The number of pyridine rings is 2. The Morgan fingerprint density at radius 3 is 2.84 bits per heavy atom. The predicted octanol–water partition coefficient (Wildman–Crippen LogP) is 2.29. The summed E-state index contributed by atoms with van der Waals surface area (Å²) in [6.45, 7) is 0. The zero-order chi connectivity index (χ0) is 13.2. The van der Waals surface area contributed by atoms with Gasteiger partial charge in [-0.2, -0.15) is 0 Å². The summed E-state index contributed by atoms with van der Waals surface area (Å²) in [7, 11) is 0. The van der Waals surface area contributed by atoms with Crippen LogP contribution in [0.5, 0.6) is 0 Å². The molecule has 0 aliphatic rings. The number of hydrogen-bond acceptors (Lipinski definition) is 4. The first-order chi connectivity index (χ1) is 9.25. The molecule has 3 rings (SSSR count). The van der Waals surface area contributed by atoms with Crippen molar-refractivity contribution in [2.24, 2.45) is 0 Å². The van der Waals surface area contributed by atoms with Crippen LogP contribution in [0.15, 0.2) is 55.0 Å². The van der Waals surface area contributed by atoms with Gasteiger partial charge in [0, 0.05) is 35.2 Å². The summed E-state index contributed by atoms with van der Waals surface area (Å²) in [5.41, 5.74) is 8.69. The average molecular weight is 251 g/mol. The molecule has 1 unspecified atom stereocenters. The summed E-state index contributed by atoms with van der Waals surface area (Å²) in [6.07, 6.45) is 4.17. The second kappa shape index (κ2) is 4.66. The number of aliphatic hydroxyl groups is 1. The summed E-state index contributed by atoms with van der Waals surface area (Å²) in [4.78, 5) is 8.26. The molecule has 3 aromatic rings. The standard InChI is InChI=1S/C15H13N3O/c16-13-5-7-17-9-12(13)15(19)11-3-4-14-10(8-11)2-1-6-18-14/h1-9,15,19H,(H2,16,17). The van der Waals surface area contributed by atoms with Crippen LogP contribution >= 0.6 is 0 Å². The Labute approximate surface area is 110 Å². The highest BCUT2D eigenvalue weighted by Gasteiger charge is 2.13. The topological polar surface area (TPSA) is 72.0 Å². The summed E-state index contributed by atoms with van der Waals surface area (Å²) < 4.78 is 0. The largest absolute Gasteiger partial charge is 0.398 e. The lowest BCUT2D eigenvalue weighted by atomic mass is 10.00. The number of anilines is 1. The Morgan fingerprint density at radius 2 is 2.00 bits per heavy atom. The zero-order valence-corrected chi connectivity index (χ0v) is 10.2. The summed E-state index contributed by atoms with van der Waals surface area (Å²) in [6, 6.07) is 11.2. The maximum Gasteiger partial charge on any atom is 0.108 e. The van der Waals surface area contributed by atoms with Crippen molar-refractivity contribution in [3.05, 3.63) is 66.1 Å². The van der Waals surface area contributed by atoms with Crippen molar-refractivity contribution < 1.29 is 5.11 Å². The molecule has 0 radical (unpaired) electrons. The van der Waals surface area contributed by atoms with Crippen LogP contribution in [0.25, 0.3) is 10.9 Å². The van der Waals surface area contributed by atoms with Crippen molar-refractivity contribution in [1.29, 1.82) is 0 Å². The summed E-state index contributed by atoms with van der Waals surface area (Å²) >= 11 is 0. The second-order valence-corrected chi connectivity index (χ2v) is 4.36. The lowest BCUT2D eigenvalue weighted by Gasteiger charge is -2.13. The highest BCUT2D eigenvalue weighted by atomic mass is 16.3. The van der Waals surface area contributed by atoms with Crippen LogP contribution < -0.4 is 5.73 Å². The van der Waals surface area contributed by atoms with Gasteiger partial charge >= 0.3 is 0 Å². The quantitative estimate of drug-likeness (QED) is 0.733. The number of aromatic nitrogens is 2. The Morgan fingerprint density at radius 1 is 1.11 bits per heavy atom. The first kappa shape index (κ1) is 11.6. The number of hydrogen-bond donors (Lipinski definition) is 2. The van der Waals surface area contributed by atoms with Crippen LogP contribution in [0.4, 0.5) is 5.69 Å². The lowest BCUT2D eigenvalue weighted by Crippen LogP contribution is -2.04. The lowest BCUT2D eigenvalue weighted by molar-refractivity contribution is 0.221. The zero-order valence-electron chi connectivity index (χ0n) is 10.2. The SMILES string of the molecule is Nc1ccncc1C(O)c1ccc2ncccc2c1. The van der Waals surface area contributed by atoms with Crippen LogP contribution in [-0.2, 0) is 0 Å². The molecule has 0 saturated heterocycles. The summed E-state index contributed by atoms with van der Waals surface area (Å²) in [5.74, 6) is 0. The molecular weight excluding hydrogens is 238 g/mol. The van der Waals surface area contributed by atoms with Crippen molar-refractivity contribution in [3.63, 3.8) is 0 Å². The summed E-state index contributed by atoms with van der Waals surface area (Å²) in [5, 5.41) is 11.4. The van der Waals surface area contributed by atoms with Gasteiger partial charge in [-0.1, -0.05) is 12.1 Å². The molecule has 0 spiro atoms. The number of benzene rings is 1. The second-order valence-electron chi connectivity index (χ2n) is 4.36. The molecule has 1 aromatic carbocycles. The fourth-order valence-electron chi connectivity index (χ4n) is 2.09. The van der Waals surface area contributed by atoms with Crippen LogP contribution in [0.1, 0.15) is 17.2 Å². The molecule has 0 aliphatic heterocycles. The normalized spacial score (nSPS) is 12.5. The van der Waals surface area contributed by atoms with E-state index in [4.69, 9.17) is 5.73 Å². The smallest absolute Gasteiger partial charge is 0.108 e. The van der Waals surface area contributed by atoms with Gasteiger partial charge < -0.3 is 10.8 Å². The molecule has 0 aliphatic carbocycles. The third kappa shape index (κ3) is 2.13. The first-order valence-electron chi connectivity index (χ1n) is 5.98. The van der Waals surface area contributed by atoms with Crippen LogP contribution in [-0.4, -0.2) is 15.1 Å². The molecule has 0 saturated carbocycles. The van der Waals surface area contributed by atoms with Gasteiger partial charge in [-0.15, -0.1) is 0 Å². The number of aliphatic hydroxyl groups excluding tert-OH is 1. The van der Waals surface area contributed by atoms with Gasteiger partial charge in [0.05, 0.1) is 5.52 Å². The van der Waals surface area contributed by atoms with Crippen LogP contribution in [0, 0.1) is 0 Å². The fraction of sp³-hybridized carbons (Fsp3) is 0.0667. The van der Waals surface area contributed by atoms with Crippen molar-refractivity contribution in [3.8, 4) is 0 Å². The minimum absolute atomic E-state index is 0.536. The molecule has 2 heterocycles. The highest BCUT2D eigenvalue weighted by Crippen LogP contribution is 2.27. The molecule has 0 amide bonds. The van der Waals surface area contributed by atoms with Gasteiger partial charge in [0.15, 0.2) is 0 Å². The molecule has 4 nitrogen and oxygen atoms in total. The van der Waals surface area contributed by atoms with E-state index in [0.29, 0.717) is 11.3 Å². The molecule has 2 aromatic heterocycles. The molecule has 4 heteroatoms. The predicted molar refractivity (Wildman–Crippen MR) is 74.5 cm³/mol. The van der Waals surface area contributed by atoms with Gasteiger partial charge in [0.25, 0.3) is 0 Å².